The molecule has 0 saturated carbocycles. The Morgan fingerprint density at radius 1 is 0.933 bits per heavy atom. The van der Waals surface area contributed by atoms with Crippen LogP contribution < -0.4 is 0 Å². The van der Waals surface area contributed by atoms with Gasteiger partial charge in [-0.05, 0) is 24.1 Å². The van der Waals surface area contributed by atoms with E-state index >= 15 is 0 Å². The van der Waals surface area contributed by atoms with Crippen molar-refractivity contribution in [1.29, 1.82) is 0 Å². The van der Waals surface area contributed by atoms with E-state index in [1.165, 1.54) is 22.3 Å². The maximum absolute atomic E-state index is 4.46. The van der Waals surface area contributed by atoms with E-state index in [-0.39, 0.29) is 0 Å². The molecular formula is C14H11N. The van der Waals surface area contributed by atoms with Crippen molar-refractivity contribution in [2.75, 3.05) is 0 Å². The second kappa shape index (κ2) is 3.06. The van der Waals surface area contributed by atoms with E-state index in [2.05, 4.69) is 48.3 Å². The second-order valence-electron chi connectivity index (χ2n) is 3.65. The third-order valence-corrected chi connectivity index (χ3v) is 2.86. The van der Waals surface area contributed by atoms with Crippen molar-refractivity contribution in [2.24, 2.45) is 0 Å². The quantitative estimate of drug-likeness (QED) is 0.532. The van der Waals surface area contributed by atoms with Crippen LogP contribution in [0.15, 0.2) is 48.7 Å². The van der Waals surface area contributed by atoms with Crippen LogP contribution in [0.4, 0.5) is 0 Å². The zero-order valence-corrected chi connectivity index (χ0v) is 8.57. The Hall–Kier alpha value is -1.89. The Morgan fingerprint density at radius 3 is 2.47 bits per heavy atom. The summed E-state index contributed by atoms with van der Waals surface area (Å²) in [6, 6.07) is 12.6. The first kappa shape index (κ1) is 8.42. The molecule has 0 spiro atoms. The van der Waals surface area contributed by atoms with Gasteiger partial charge in [-0.15, -0.1) is 0 Å². The van der Waals surface area contributed by atoms with Crippen molar-refractivity contribution >= 4 is 5.57 Å². The van der Waals surface area contributed by atoms with Crippen LogP contribution in [0, 0.1) is 0 Å². The molecule has 0 amide bonds. The number of aromatic nitrogens is 1. The smallest absolute Gasteiger partial charge is 0.0786 e. The number of nitrogens with zero attached hydrogens (tertiary/aromatic N) is 1. The lowest BCUT2D eigenvalue weighted by atomic mass is 10.1. The number of fused-ring (bicyclic) bond motifs is 3. The molecule has 15 heavy (non-hydrogen) atoms. The van der Waals surface area contributed by atoms with Crippen molar-refractivity contribution in [3.8, 4) is 11.3 Å². The lowest BCUT2D eigenvalue weighted by Crippen LogP contribution is -1.81. The maximum Gasteiger partial charge on any atom is 0.0786 e. The summed E-state index contributed by atoms with van der Waals surface area (Å²) < 4.78 is 0. The molecule has 1 aromatic carbocycles. The summed E-state index contributed by atoms with van der Waals surface area (Å²) in [5.74, 6) is 0. The van der Waals surface area contributed by atoms with Gasteiger partial charge >= 0.3 is 0 Å². The van der Waals surface area contributed by atoms with E-state index in [1.807, 2.05) is 12.3 Å². The summed E-state index contributed by atoms with van der Waals surface area (Å²) in [4.78, 5) is 4.46. The van der Waals surface area contributed by atoms with Gasteiger partial charge < -0.3 is 0 Å². The molecule has 0 bridgehead atoms. The molecule has 0 fully saturated rings. The molecule has 1 aromatic heterocycles. The van der Waals surface area contributed by atoms with E-state index in [1.54, 1.807) is 0 Å². The molecule has 1 heterocycles. The minimum atomic E-state index is 1.11. The van der Waals surface area contributed by atoms with Gasteiger partial charge in [-0.25, -0.2) is 0 Å². The normalized spacial score (nSPS) is 15.1. The minimum absolute atomic E-state index is 1.11. The number of pyridine rings is 1. The van der Waals surface area contributed by atoms with Crippen LogP contribution >= 0.6 is 0 Å². The standard InChI is InChI=1S/C14H11N/c1-2-10-11-6-3-4-7-13(11)14-12(10)8-5-9-15-14/h2-9H,1H3. The molecule has 1 aliphatic rings. The highest BCUT2D eigenvalue weighted by Gasteiger charge is 2.22. The first-order chi connectivity index (χ1) is 7.42. The van der Waals surface area contributed by atoms with E-state index in [4.69, 9.17) is 0 Å². The first-order valence-corrected chi connectivity index (χ1v) is 5.13. The highest BCUT2D eigenvalue weighted by molar-refractivity contribution is 5.99. The molecule has 3 rings (SSSR count). The fourth-order valence-electron chi connectivity index (χ4n) is 2.22. The van der Waals surface area contributed by atoms with Crippen LogP contribution in [0.3, 0.4) is 0 Å². The molecule has 2 aromatic rings. The average Bonchev–Trinajstić information content (AvgIpc) is 2.63. The highest BCUT2D eigenvalue weighted by atomic mass is 14.7. The molecule has 0 saturated heterocycles. The van der Waals surface area contributed by atoms with Crippen molar-refractivity contribution in [1.82, 2.24) is 4.98 Å². The Bertz CT molecular complexity index is 505. The van der Waals surface area contributed by atoms with Crippen LogP contribution in [0.1, 0.15) is 18.1 Å². The largest absolute Gasteiger partial charge is 0.256 e. The van der Waals surface area contributed by atoms with Gasteiger partial charge in [0.05, 0.1) is 5.69 Å². The van der Waals surface area contributed by atoms with Gasteiger partial charge in [-0.3, -0.25) is 4.98 Å². The predicted molar refractivity (Wildman–Crippen MR) is 62.4 cm³/mol. The SMILES string of the molecule is CC=C1c2ccccc2-c2ncccc21. The topological polar surface area (TPSA) is 12.9 Å². The fraction of sp³-hybridized carbons (Fsp3) is 0.0714. The lowest BCUT2D eigenvalue weighted by Gasteiger charge is -1.98. The van der Waals surface area contributed by atoms with E-state index in [9.17, 15) is 0 Å². The third-order valence-electron chi connectivity index (χ3n) is 2.86. The van der Waals surface area contributed by atoms with Gasteiger partial charge in [0.1, 0.15) is 0 Å². The van der Waals surface area contributed by atoms with Gasteiger partial charge in [0.2, 0.25) is 0 Å². The van der Waals surface area contributed by atoms with Crippen LogP contribution in [0.25, 0.3) is 16.8 Å². The van der Waals surface area contributed by atoms with Crippen molar-refractivity contribution in [3.63, 3.8) is 0 Å². The fourth-order valence-corrected chi connectivity index (χ4v) is 2.22. The lowest BCUT2D eigenvalue weighted by molar-refractivity contribution is 1.33. The van der Waals surface area contributed by atoms with Gasteiger partial charge in [-0.2, -0.15) is 0 Å². The molecule has 0 aliphatic heterocycles. The summed E-state index contributed by atoms with van der Waals surface area (Å²) in [5.41, 5.74) is 6.21. The predicted octanol–water partition coefficient (Wildman–Crippen LogP) is 3.51. The van der Waals surface area contributed by atoms with Crippen LogP contribution in [0.5, 0.6) is 0 Å². The summed E-state index contributed by atoms with van der Waals surface area (Å²) in [6.45, 7) is 2.08. The number of hydrogen-bond acceptors (Lipinski definition) is 1. The highest BCUT2D eigenvalue weighted by Crippen LogP contribution is 2.42. The Labute approximate surface area is 89.1 Å². The van der Waals surface area contributed by atoms with Crippen molar-refractivity contribution in [2.45, 2.75) is 6.92 Å². The zero-order chi connectivity index (χ0) is 10.3. The number of hydrogen-bond donors (Lipinski definition) is 0. The Kier molecular flexibility index (Phi) is 1.72. The maximum atomic E-state index is 4.46. The number of allylic oxidation sites excluding steroid dienone is 1. The van der Waals surface area contributed by atoms with Crippen LogP contribution in [-0.4, -0.2) is 4.98 Å². The van der Waals surface area contributed by atoms with Crippen molar-refractivity contribution < 1.29 is 0 Å². The Balaban J connectivity index is 2.41. The average molecular weight is 193 g/mol. The summed E-state index contributed by atoms with van der Waals surface area (Å²) in [5, 5.41) is 0. The zero-order valence-electron chi connectivity index (χ0n) is 8.57. The molecular weight excluding hydrogens is 182 g/mol. The summed E-state index contributed by atoms with van der Waals surface area (Å²) in [7, 11) is 0. The van der Waals surface area contributed by atoms with E-state index < -0.39 is 0 Å². The van der Waals surface area contributed by atoms with E-state index in [0.29, 0.717) is 0 Å². The minimum Gasteiger partial charge on any atom is -0.256 e. The second-order valence-corrected chi connectivity index (χ2v) is 3.65. The van der Waals surface area contributed by atoms with Gasteiger partial charge in [-0.1, -0.05) is 36.4 Å². The van der Waals surface area contributed by atoms with Crippen molar-refractivity contribution in [3.05, 3.63) is 59.8 Å². The molecule has 0 radical (unpaired) electrons. The molecule has 0 unspecified atom stereocenters. The molecule has 1 heteroatoms. The Morgan fingerprint density at radius 2 is 1.67 bits per heavy atom. The third kappa shape index (κ3) is 1.06. The molecule has 0 atom stereocenters. The number of benzene rings is 1. The number of rotatable bonds is 0. The molecule has 1 aliphatic carbocycles. The van der Waals surface area contributed by atoms with Gasteiger partial charge in [0.15, 0.2) is 0 Å². The monoisotopic (exact) mass is 193 g/mol. The molecule has 0 N–H and O–H groups in total. The van der Waals surface area contributed by atoms with E-state index in [0.717, 1.165) is 5.69 Å². The summed E-state index contributed by atoms with van der Waals surface area (Å²) >= 11 is 0. The van der Waals surface area contributed by atoms with Gasteiger partial charge in [0, 0.05) is 17.3 Å². The van der Waals surface area contributed by atoms with Crippen LogP contribution in [0.2, 0.25) is 0 Å². The molecule has 1 nitrogen and oxygen atoms in total. The summed E-state index contributed by atoms with van der Waals surface area (Å²) in [6.07, 6.45) is 4.01. The first-order valence-electron chi connectivity index (χ1n) is 5.13. The molecule has 72 valence electrons. The van der Waals surface area contributed by atoms with Gasteiger partial charge in [0.25, 0.3) is 0 Å². The van der Waals surface area contributed by atoms with Crippen LogP contribution in [-0.2, 0) is 0 Å².